The van der Waals surface area contributed by atoms with Gasteiger partial charge in [0.15, 0.2) is 0 Å². The van der Waals surface area contributed by atoms with Crippen LogP contribution < -0.4 is 5.73 Å². The van der Waals surface area contributed by atoms with Gasteiger partial charge in [-0.25, -0.2) is 0 Å². The predicted molar refractivity (Wildman–Crippen MR) is 82.3 cm³/mol. The van der Waals surface area contributed by atoms with Gasteiger partial charge >= 0.3 is 0 Å². The van der Waals surface area contributed by atoms with E-state index in [2.05, 4.69) is 15.1 Å². The summed E-state index contributed by atoms with van der Waals surface area (Å²) in [5, 5.41) is 9.03. The Balaban J connectivity index is 1.70. The molecule has 0 aliphatic carbocycles. The fourth-order valence-corrected chi connectivity index (χ4v) is 2.98. The lowest BCUT2D eigenvalue weighted by Crippen LogP contribution is -2.27. The second kappa shape index (κ2) is 6.24. The van der Waals surface area contributed by atoms with Crippen LogP contribution in [-0.4, -0.2) is 34.1 Å². The van der Waals surface area contributed by atoms with Gasteiger partial charge in [0.05, 0.1) is 23.0 Å². The summed E-state index contributed by atoms with van der Waals surface area (Å²) < 4.78 is 5.64. The molecule has 1 aromatic heterocycles. The molecule has 2 N–H and O–H groups in total. The molecule has 0 radical (unpaired) electrons. The third kappa shape index (κ3) is 3.24. The summed E-state index contributed by atoms with van der Waals surface area (Å²) >= 11 is 12.0. The van der Waals surface area contributed by atoms with E-state index >= 15 is 0 Å². The Morgan fingerprint density at radius 3 is 2.91 bits per heavy atom. The van der Waals surface area contributed by atoms with E-state index in [0.29, 0.717) is 40.5 Å². The Kier molecular flexibility index (Phi) is 4.33. The zero-order valence-corrected chi connectivity index (χ0v) is 13.1. The summed E-state index contributed by atoms with van der Waals surface area (Å²) in [5.74, 6) is 0.461. The standard InChI is InChI=1S/C14H14Cl2N4O2/c15-9-1-2-10(11(16)5-9)14-19-18-12(22-14)7-20-4-3-8(6-20)13(17)21/h1-2,5,8H,3-4,6-7H2,(H2,17,21)/t8-/m0/s1. The number of nitrogens with two attached hydrogens (primary N) is 1. The Labute approximate surface area is 137 Å². The zero-order chi connectivity index (χ0) is 15.7. The first-order valence-electron chi connectivity index (χ1n) is 6.82. The summed E-state index contributed by atoms with van der Waals surface area (Å²) in [6, 6.07) is 5.08. The number of nitrogens with zero attached hydrogens (tertiary/aromatic N) is 3. The van der Waals surface area contributed by atoms with Crippen molar-refractivity contribution in [1.82, 2.24) is 15.1 Å². The lowest BCUT2D eigenvalue weighted by atomic mass is 10.1. The fourth-order valence-electron chi connectivity index (χ4n) is 2.49. The largest absolute Gasteiger partial charge is 0.419 e. The predicted octanol–water partition coefficient (Wildman–Crippen LogP) is 2.35. The molecule has 1 atom stereocenters. The van der Waals surface area contributed by atoms with Crippen molar-refractivity contribution < 1.29 is 9.21 Å². The first-order valence-corrected chi connectivity index (χ1v) is 7.58. The summed E-state index contributed by atoms with van der Waals surface area (Å²) in [4.78, 5) is 13.2. The Hall–Kier alpha value is -1.63. The Morgan fingerprint density at radius 1 is 1.41 bits per heavy atom. The molecule has 2 heterocycles. The fraction of sp³-hybridized carbons (Fsp3) is 0.357. The number of carbonyl (C=O) groups excluding carboxylic acids is 1. The first kappa shape index (κ1) is 15.3. The number of carbonyl (C=O) groups is 1. The Bertz CT molecular complexity index is 704. The van der Waals surface area contributed by atoms with Gasteiger partial charge in [0.25, 0.3) is 0 Å². The highest BCUT2D eigenvalue weighted by atomic mass is 35.5. The average molecular weight is 341 g/mol. The van der Waals surface area contributed by atoms with E-state index in [1.807, 2.05) is 0 Å². The number of hydrogen-bond donors (Lipinski definition) is 1. The van der Waals surface area contributed by atoms with Crippen molar-refractivity contribution in [1.29, 1.82) is 0 Å². The van der Waals surface area contributed by atoms with Crippen molar-refractivity contribution in [2.45, 2.75) is 13.0 Å². The van der Waals surface area contributed by atoms with Crippen LogP contribution in [0.2, 0.25) is 10.0 Å². The minimum absolute atomic E-state index is 0.104. The molecule has 22 heavy (non-hydrogen) atoms. The van der Waals surface area contributed by atoms with Gasteiger partial charge in [0.1, 0.15) is 0 Å². The molecule has 1 fully saturated rings. The second-order valence-electron chi connectivity index (χ2n) is 5.25. The van der Waals surface area contributed by atoms with Crippen LogP contribution in [0.4, 0.5) is 0 Å². The molecule has 0 bridgehead atoms. The smallest absolute Gasteiger partial charge is 0.249 e. The minimum atomic E-state index is -0.262. The highest BCUT2D eigenvalue weighted by molar-refractivity contribution is 6.36. The molecule has 1 aliphatic heterocycles. The van der Waals surface area contributed by atoms with E-state index < -0.39 is 0 Å². The van der Waals surface area contributed by atoms with Gasteiger partial charge in [-0.3, -0.25) is 9.69 Å². The van der Waals surface area contributed by atoms with Gasteiger partial charge in [0, 0.05) is 11.6 Å². The molecule has 8 heteroatoms. The van der Waals surface area contributed by atoms with Crippen molar-refractivity contribution in [3.63, 3.8) is 0 Å². The lowest BCUT2D eigenvalue weighted by Gasteiger charge is -2.11. The maximum atomic E-state index is 11.2. The van der Waals surface area contributed by atoms with E-state index in [1.54, 1.807) is 18.2 Å². The van der Waals surface area contributed by atoms with Gasteiger partial charge in [-0.1, -0.05) is 23.2 Å². The van der Waals surface area contributed by atoms with Crippen LogP contribution in [-0.2, 0) is 11.3 Å². The molecule has 0 unspecified atom stereocenters. The molecule has 0 saturated carbocycles. The van der Waals surface area contributed by atoms with Crippen LogP contribution in [0.15, 0.2) is 22.6 Å². The topological polar surface area (TPSA) is 85.3 Å². The van der Waals surface area contributed by atoms with Crippen molar-refractivity contribution in [2.75, 3.05) is 13.1 Å². The third-order valence-electron chi connectivity index (χ3n) is 3.66. The van der Waals surface area contributed by atoms with Gasteiger partial charge < -0.3 is 10.2 Å². The van der Waals surface area contributed by atoms with Gasteiger partial charge in [-0.15, -0.1) is 10.2 Å². The first-order chi connectivity index (χ1) is 10.5. The summed E-state index contributed by atoms with van der Waals surface area (Å²) in [6.07, 6.45) is 0.763. The SMILES string of the molecule is NC(=O)[C@H]1CCN(Cc2nnc(-c3ccc(Cl)cc3Cl)o2)C1. The number of primary amides is 1. The van der Waals surface area contributed by atoms with Crippen LogP contribution in [0.5, 0.6) is 0 Å². The summed E-state index contributed by atoms with van der Waals surface area (Å²) in [5.41, 5.74) is 5.96. The molecule has 1 saturated heterocycles. The number of aromatic nitrogens is 2. The molecule has 1 aliphatic rings. The number of hydrogen-bond acceptors (Lipinski definition) is 5. The van der Waals surface area contributed by atoms with Gasteiger partial charge in [-0.2, -0.15) is 0 Å². The highest BCUT2D eigenvalue weighted by Gasteiger charge is 2.27. The van der Waals surface area contributed by atoms with Gasteiger partial charge in [-0.05, 0) is 31.2 Å². The van der Waals surface area contributed by atoms with Crippen LogP contribution in [0, 0.1) is 5.92 Å². The van der Waals surface area contributed by atoms with Crippen molar-refractivity contribution >= 4 is 29.1 Å². The maximum Gasteiger partial charge on any atom is 0.249 e. The van der Waals surface area contributed by atoms with E-state index in [4.69, 9.17) is 33.4 Å². The van der Waals surface area contributed by atoms with Crippen LogP contribution in [0.25, 0.3) is 11.5 Å². The second-order valence-corrected chi connectivity index (χ2v) is 6.09. The third-order valence-corrected chi connectivity index (χ3v) is 4.21. The lowest BCUT2D eigenvalue weighted by molar-refractivity contribution is -0.121. The van der Waals surface area contributed by atoms with Crippen LogP contribution in [0.1, 0.15) is 12.3 Å². The monoisotopic (exact) mass is 340 g/mol. The van der Waals surface area contributed by atoms with Crippen LogP contribution in [0.3, 0.4) is 0 Å². The van der Waals surface area contributed by atoms with E-state index in [1.165, 1.54) is 0 Å². The molecular formula is C14H14Cl2N4O2. The minimum Gasteiger partial charge on any atom is -0.419 e. The molecule has 2 aromatic rings. The summed E-state index contributed by atoms with van der Waals surface area (Å²) in [6.45, 7) is 1.89. The molecule has 1 aromatic carbocycles. The average Bonchev–Trinajstić information content (AvgIpc) is 3.09. The summed E-state index contributed by atoms with van der Waals surface area (Å²) in [7, 11) is 0. The number of halogens is 2. The van der Waals surface area contributed by atoms with E-state index in [0.717, 1.165) is 13.0 Å². The molecule has 116 valence electrons. The zero-order valence-electron chi connectivity index (χ0n) is 11.6. The maximum absolute atomic E-state index is 11.2. The molecule has 0 spiro atoms. The van der Waals surface area contributed by atoms with Crippen molar-refractivity contribution in [3.05, 3.63) is 34.1 Å². The van der Waals surface area contributed by atoms with Crippen LogP contribution >= 0.6 is 23.2 Å². The number of rotatable bonds is 4. The Morgan fingerprint density at radius 2 is 2.23 bits per heavy atom. The van der Waals surface area contributed by atoms with Crippen molar-refractivity contribution in [3.8, 4) is 11.5 Å². The number of amides is 1. The molecule has 1 amide bonds. The van der Waals surface area contributed by atoms with E-state index in [9.17, 15) is 4.79 Å². The highest BCUT2D eigenvalue weighted by Crippen LogP contribution is 2.29. The molecular weight excluding hydrogens is 327 g/mol. The number of likely N-dealkylation sites (tertiary alicyclic amines) is 1. The molecule has 3 rings (SSSR count). The number of benzene rings is 1. The van der Waals surface area contributed by atoms with E-state index in [-0.39, 0.29) is 11.8 Å². The normalized spacial score (nSPS) is 18.7. The van der Waals surface area contributed by atoms with Gasteiger partial charge in [0.2, 0.25) is 17.7 Å². The molecule has 6 nitrogen and oxygen atoms in total. The van der Waals surface area contributed by atoms with Crippen molar-refractivity contribution in [2.24, 2.45) is 11.7 Å². The quantitative estimate of drug-likeness (QED) is 0.923.